The molecular formula is C11H13N4O2S+. The highest BCUT2D eigenvalue weighted by molar-refractivity contribution is 7.18. The topological polar surface area (TPSA) is 70.5 Å². The molecule has 0 radical (unpaired) electrons. The third kappa shape index (κ3) is 2.30. The molecule has 0 bridgehead atoms. The molecule has 0 saturated heterocycles. The number of hydrogen-bond donors (Lipinski definition) is 1. The van der Waals surface area contributed by atoms with Crippen molar-refractivity contribution in [2.24, 2.45) is 5.22 Å². The van der Waals surface area contributed by atoms with Crippen LogP contribution in [-0.4, -0.2) is 23.7 Å². The Morgan fingerprint density at radius 3 is 2.72 bits per heavy atom. The second kappa shape index (κ2) is 4.69. The van der Waals surface area contributed by atoms with Crippen LogP contribution in [0.3, 0.4) is 0 Å². The van der Waals surface area contributed by atoms with Crippen molar-refractivity contribution in [3.05, 3.63) is 33.2 Å². The maximum Gasteiger partial charge on any atom is 0.274 e. The molecule has 1 aromatic carbocycles. The van der Waals surface area contributed by atoms with E-state index in [-0.39, 0.29) is 5.69 Å². The van der Waals surface area contributed by atoms with Gasteiger partial charge in [-0.3, -0.25) is 10.1 Å². The first-order chi connectivity index (χ1) is 8.49. The lowest BCUT2D eigenvalue weighted by atomic mass is 10.1. The highest BCUT2D eigenvalue weighted by Gasteiger charge is 2.16. The predicted octanol–water partition coefficient (Wildman–Crippen LogP) is 3.17. The minimum Gasteiger partial charge on any atom is -0.258 e. The van der Waals surface area contributed by atoms with Gasteiger partial charge in [0.05, 0.1) is 35.0 Å². The second-order valence-electron chi connectivity index (χ2n) is 4.10. The van der Waals surface area contributed by atoms with Gasteiger partial charge in [0.1, 0.15) is 0 Å². The number of benzene rings is 1. The Kier molecular flexibility index (Phi) is 3.24. The fraction of sp³-hybridized carbons (Fsp3) is 0.273. The lowest BCUT2D eigenvalue weighted by Gasteiger charge is -1.98. The first-order valence-corrected chi connectivity index (χ1v) is 6.17. The SMILES string of the molecule is Cc1csc2c(NN=[N+](C)C)cc([N+](=O)[O-])cc12. The molecule has 0 aliphatic rings. The Hall–Kier alpha value is -2.02. The summed E-state index contributed by atoms with van der Waals surface area (Å²) in [6.07, 6.45) is 0. The van der Waals surface area contributed by atoms with Crippen LogP contribution < -0.4 is 5.43 Å². The Balaban J connectivity index is 2.62. The second-order valence-corrected chi connectivity index (χ2v) is 4.98. The van der Waals surface area contributed by atoms with Gasteiger partial charge in [-0.25, -0.2) is 0 Å². The molecular weight excluding hydrogens is 252 g/mol. The molecule has 94 valence electrons. The zero-order valence-electron chi connectivity index (χ0n) is 10.3. The highest BCUT2D eigenvalue weighted by Crippen LogP contribution is 2.35. The summed E-state index contributed by atoms with van der Waals surface area (Å²) >= 11 is 1.55. The van der Waals surface area contributed by atoms with Crippen molar-refractivity contribution in [2.75, 3.05) is 19.5 Å². The summed E-state index contributed by atoms with van der Waals surface area (Å²) in [4.78, 5) is 10.5. The normalized spacial score (nSPS) is 10.4. The van der Waals surface area contributed by atoms with Crippen molar-refractivity contribution >= 4 is 32.8 Å². The van der Waals surface area contributed by atoms with Gasteiger partial charge in [-0.1, -0.05) is 0 Å². The fourth-order valence-corrected chi connectivity index (χ4v) is 2.59. The summed E-state index contributed by atoms with van der Waals surface area (Å²) in [6.45, 7) is 1.94. The van der Waals surface area contributed by atoms with Gasteiger partial charge < -0.3 is 0 Å². The van der Waals surface area contributed by atoms with Crippen LogP contribution in [0.4, 0.5) is 11.4 Å². The van der Waals surface area contributed by atoms with E-state index in [0.717, 1.165) is 15.6 Å². The summed E-state index contributed by atoms with van der Waals surface area (Å²) in [5.41, 5.74) is 4.61. The number of hydrogen-bond acceptors (Lipinski definition) is 4. The zero-order chi connectivity index (χ0) is 13.3. The lowest BCUT2D eigenvalue weighted by molar-refractivity contribution is -0.535. The minimum absolute atomic E-state index is 0.0699. The van der Waals surface area contributed by atoms with E-state index in [0.29, 0.717) is 5.69 Å². The van der Waals surface area contributed by atoms with E-state index in [2.05, 4.69) is 10.6 Å². The maximum absolute atomic E-state index is 10.9. The van der Waals surface area contributed by atoms with Gasteiger partial charge in [0.15, 0.2) is 5.69 Å². The van der Waals surface area contributed by atoms with Crippen molar-refractivity contribution in [1.29, 1.82) is 0 Å². The van der Waals surface area contributed by atoms with Gasteiger partial charge in [-0.15, -0.1) is 16.8 Å². The number of non-ortho nitro benzene ring substituents is 1. The number of anilines is 1. The standard InChI is InChI=1S/C11H12N4O2S/c1-7-6-18-11-9(7)4-8(15(16)17)5-10(11)12-13-14(2)3/h4-6H,1-3H3/p+1. The van der Waals surface area contributed by atoms with E-state index < -0.39 is 4.92 Å². The largest absolute Gasteiger partial charge is 0.274 e. The Bertz CT molecular complexity index is 644. The van der Waals surface area contributed by atoms with Crippen LogP contribution in [0.2, 0.25) is 0 Å². The van der Waals surface area contributed by atoms with E-state index in [1.165, 1.54) is 6.07 Å². The Labute approximate surface area is 108 Å². The van der Waals surface area contributed by atoms with Crippen LogP contribution in [0.1, 0.15) is 5.56 Å². The summed E-state index contributed by atoms with van der Waals surface area (Å²) in [7, 11) is 3.56. The quantitative estimate of drug-likeness (QED) is 0.401. The molecule has 0 aliphatic carbocycles. The average Bonchev–Trinajstić information content (AvgIpc) is 2.68. The summed E-state index contributed by atoms with van der Waals surface area (Å²) in [6, 6.07) is 3.10. The van der Waals surface area contributed by atoms with Gasteiger partial charge in [0.25, 0.3) is 5.69 Å². The minimum atomic E-state index is -0.391. The summed E-state index contributed by atoms with van der Waals surface area (Å²) < 4.78 is 2.58. The number of thiophene rings is 1. The zero-order valence-corrected chi connectivity index (χ0v) is 11.1. The molecule has 1 heterocycles. The first-order valence-electron chi connectivity index (χ1n) is 5.29. The van der Waals surface area contributed by atoms with Gasteiger partial charge in [-0.2, -0.15) is 4.70 Å². The fourth-order valence-electron chi connectivity index (χ4n) is 1.59. The molecule has 0 atom stereocenters. The van der Waals surface area contributed by atoms with Crippen LogP contribution >= 0.6 is 11.3 Å². The van der Waals surface area contributed by atoms with E-state index in [9.17, 15) is 10.1 Å². The molecule has 0 amide bonds. The number of nitrogens with zero attached hydrogens (tertiary/aromatic N) is 3. The van der Waals surface area contributed by atoms with E-state index in [4.69, 9.17) is 0 Å². The first kappa shape index (κ1) is 12.4. The number of nitrogens with one attached hydrogen (secondary N) is 1. The van der Waals surface area contributed by atoms with Crippen LogP contribution in [0, 0.1) is 17.0 Å². The van der Waals surface area contributed by atoms with Crippen molar-refractivity contribution in [2.45, 2.75) is 6.92 Å². The van der Waals surface area contributed by atoms with E-state index in [1.807, 2.05) is 12.3 Å². The van der Waals surface area contributed by atoms with Crippen LogP contribution in [0.5, 0.6) is 0 Å². The monoisotopic (exact) mass is 265 g/mol. The smallest absolute Gasteiger partial charge is 0.258 e. The molecule has 0 unspecified atom stereocenters. The van der Waals surface area contributed by atoms with Gasteiger partial charge in [0, 0.05) is 11.5 Å². The Morgan fingerprint density at radius 1 is 1.39 bits per heavy atom. The summed E-state index contributed by atoms with van der Waals surface area (Å²) in [5.74, 6) is 0. The molecule has 1 aromatic heterocycles. The highest BCUT2D eigenvalue weighted by atomic mass is 32.1. The number of nitro groups is 1. The van der Waals surface area contributed by atoms with Crippen molar-refractivity contribution in [1.82, 2.24) is 0 Å². The Morgan fingerprint density at radius 2 is 2.11 bits per heavy atom. The van der Waals surface area contributed by atoms with Crippen LogP contribution in [0.15, 0.2) is 22.7 Å². The molecule has 2 aromatic rings. The molecule has 0 saturated carbocycles. The molecule has 1 N–H and O–H groups in total. The molecule has 2 rings (SSSR count). The third-order valence-corrected chi connectivity index (χ3v) is 3.58. The third-order valence-electron chi connectivity index (χ3n) is 2.43. The molecule has 0 spiro atoms. The van der Waals surface area contributed by atoms with Crippen molar-refractivity contribution in [3.8, 4) is 0 Å². The average molecular weight is 265 g/mol. The number of fused-ring (bicyclic) bond motifs is 1. The molecule has 6 nitrogen and oxygen atoms in total. The van der Waals surface area contributed by atoms with Crippen LogP contribution in [0.25, 0.3) is 10.1 Å². The number of aryl methyl sites for hydroxylation is 1. The van der Waals surface area contributed by atoms with Gasteiger partial charge >= 0.3 is 0 Å². The van der Waals surface area contributed by atoms with Gasteiger partial charge in [-0.05, 0) is 17.9 Å². The van der Waals surface area contributed by atoms with E-state index in [1.54, 1.807) is 36.2 Å². The maximum atomic E-state index is 10.9. The molecule has 0 aliphatic heterocycles. The molecule has 7 heteroatoms. The number of rotatable bonds is 3. The summed E-state index contributed by atoms with van der Waals surface area (Å²) in [5, 5.41) is 17.8. The van der Waals surface area contributed by atoms with Gasteiger partial charge in [0.2, 0.25) is 0 Å². The van der Waals surface area contributed by atoms with Crippen molar-refractivity contribution in [3.63, 3.8) is 0 Å². The van der Waals surface area contributed by atoms with Crippen LogP contribution in [-0.2, 0) is 0 Å². The predicted molar refractivity (Wildman–Crippen MR) is 71.4 cm³/mol. The lowest BCUT2D eigenvalue weighted by Crippen LogP contribution is -1.99. The molecule has 18 heavy (non-hydrogen) atoms. The molecule has 0 fully saturated rings. The van der Waals surface area contributed by atoms with E-state index >= 15 is 0 Å². The van der Waals surface area contributed by atoms with Crippen molar-refractivity contribution < 1.29 is 9.62 Å². The number of nitro benzene ring substituents is 1.